The van der Waals surface area contributed by atoms with Crippen LogP contribution < -0.4 is 5.56 Å². The van der Waals surface area contributed by atoms with E-state index in [4.69, 9.17) is 11.6 Å². The van der Waals surface area contributed by atoms with E-state index in [1.54, 1.807) is 6.20 Å². The zero-order valence-electron chi connectivity index (χ0n) is 16.1. The van der Waals surface area contributed by atoms with Crippen LogP contribution >= 0.6 is 11.6 Å². The Bertz CT molecular complexity index is 1090. The Kier molecular flexibility index (Phi) is 4.98. The van der Waals surface area contributed by atoms with Gasteiger partial charge < -0.3 is 9.47 Å². The summed E-state index contributed by atoms with van der Waals surface area (Å²) in [5, 5.41) is 6.45. The van der Waals surface area contributed by atoms with Crippen molar-refractivity contribution < 1.29 is 4.79 Å². The van der Waals surface area contributed by atoms with Crippen LogP contribution in [0, 0.1) is 13.8 Å². The number of carbonyl (C=O) groups excluding carboxylic acids is 1. The van der Waals surface area contributed by atoms with Crippen LogP contribution in [0.2, 0.25) is 5.02 Å². The Morgan fingerprint density at radius 3 is 2.46 bits per heavy atom. The van der Waals surface area contributed by atoms with Gasteiger partial charge in [-0.15, -0.1) is 0 Å². The van der Waals surface area contributed by atoms with Gasteiger partial charge in [0, 0.05) is 41.4 Å². The number of likely N-dealkylation sites (tertiary alicyclic amines) is 1. The normalized spacial score (nSPS) is 14.2. The molecule has 4 rings (SSSR count). The number of hydrogen-bond donors (Lipinski definition) is 0. The minimum atomic E-state index is -0.208. The van der Waals surface area contributed by atoms with Gasteiger partial charge in [-0.25, -0.2) is 4.68 Å². The molecule has 7 heteroatoms. The highest BCUT2D eigenvalue weighted by Gasteiger charge is 2.21. The summed E-state index contributed by atoms with van der Waals surface area (Å²) in [5.41, 5.74) is 2.77. The monoisotopic (exact) mass is 398 g/mol. The quantitative estimate of drug-likeness (QED) is 0.678. The van der Waals surface area contributed by atoms with Gasteiger partial charge in [0.1, 0.15) is 6.54 Å². The van der Waals surface area contributed by atoms with E-state index >= 15 is 0 Å². The summed E-state index contributed by atoms with van der Waals surface area (Å²) in [6.45, 7) is 6.12. The van der Waals surface area contributed by atoms with Crippen molar-refractivity contribution in [2.75, 3.05) is 13.1 Å². The number of halogens is 1. The summed E-state index contributed by atoms with van der Waals surface area (Å²) in [6.07, 6.45) is 3.76. The third-order valence-electron chi connectivity index (χ3n) is 5.60. The summed E-state index contributed by atoms with van der Waals surface area (Å²) >= 11 is 5.98. The van der Waals surface area contributed by atoms with Crippen LogP contribution in [0.15, 0.2) is 35.3 Å². The number of amides is 1. The molecule has 3 aromatic rings. The molecular formula is C21H23ClN4O2. The molecule has 1 fully saturated rings. The van der Waals surface area contributed by atoms with Crippen molar-refractivity contribution in [3.8, 4) is 0 Å². The average molecular weight is 399 g/mol. The maximum absolute atomic E-state index is 13.1. The fraction of sp³-hybridized carbons (Fsp3) is 0.381. The number of benzene rings is 1. The lowest BCUT2D eigenvalue weighted by Crippen LogP contribution is -2.35. The van der Waals surface area contributed by atoms with E-state index in [0.29, 0.717) is 17.0 Å². The van der Waals surface area contributed by atoms with Gasteiger partial charge in [0.25, 0.3) is 5.56 Å². The van der Waals surface area contributed by atoms with Crippen molar-refractivity contribution in [2.24, 2.45) is 0 Å². The smallest absolute Gasteiger partial charge is 0.276 e. The third-order valence-corrected chi connectivity index (χ3v) is 5.85. The van der Waals surface area contributed by atoms with Crippen LogP contribution in [0.25, 0.3) is 10.8 Å². The van der Waals surface area contributed by atoms with Crippen LogP contribution in [0.1, 0.15) is 29.8 Å². The summed E-state index contributed by atoms with van der Waals surface area (Å²) in [6, 6.07) is 7.70. The Morgan fingerprint density at radius 2 is 1.79 bits per heavy atom. The molecule has 1 amide bonds. The topological polar surface area (TPSA) is 60.1 Å². The molecule has 0 atom stereocenters. The van der Waals surface area contributed by atoms with E-state index in [-0.39, 0.29) is 18.0 Å². The second-order valence-electron chi connectivity index (χ2n) is 7.37. The number of nitrogens with zero attached hydrogens (tertiary/aromatic N) is 4. The van der Waals surface area contributed by atoms with Crippen LogP contribution in [-0.4, -0.2) is 38.2 Å². The first-order valence-electron chi connectivity index (χ1n) is 9.53. The third kappa shape index (κ3) is 3.33. The van der Waals surface area contributed by atoms with E-state index in [1.165, 1.54) is 4.68 Å². The van der Waals surface area contributed by atoms with Gasteiger partial charge in [0.15, 0.2) is 0 Å². The predicted octanol–water partition coefficient (Wildman–Crippen LogP) is 3.14. The number of fused-ring (bicyclic) bond motifs is 1. The zero-order chi connectivity index (χ0) is 19.8. The van der Waals surface area contributed by atoms with E-state index in [0.717, 1.165) is 48.3 Å². The van der Waals surface area contributed by atoms with Crippen molar-refractivity contribution in [3.63, 3.8) is 0 Å². The molecule has 2 aromatic heterocycles. The second-order valence-corrected chi connectivity index (χ2v) is 7.80. The Hall–Kier alpha value is -2.60. The molecule has 0 aliphatic carbocycles. The first-order chi connectivity index (χ1) is 13.5. The van der Waals surface area contributed by atoms with E-state index < -0.39 is 0 Å². The van der Waals surface area contributed by atoms with Gasteiger partial charge in [-0.2, -0.15) is 5.10 Å². The SMILES string of the molecule is Cc1c2cnn(CC(=O)N3CCCC3)c(=O)c2c(C)n1Cc1ccc(Cl)cc1. The molecule has 1 aliphatic rings. The lowest BCUT2D eigenvalue weighted by Gasteiger charge is -2.15. The van der Waals surface area contributed by atoms with Gasteiger partial charge in [-0.05, 0) is 44.4 Å². The molecule has 0 spiro atoms. The molecule has 0 unspecified atom stereocenters. The Labute approximate surface area is 168 Å². The zero-order valence-corrected chi connectivity index (χ0v) is 16.9. The molecular weight excluding hydrogens is 376 g/mol. The summed E-state index contributed by atoms with van der Waals surface area (Å²) in [4.78, 5) is 27.3. The van der Waals surface area contributed by atoms with Crippen LogP contribution in [0.4, 0.5) is 0 Å². The molecule has 1 aromatic carbocycles. The molecule has 6 nitrogen and oxygen atoms in total. The molecule has 0 N–H and O–H groups in total. The van der Waals surface area contributed by atoms with Crippen LogP contribution in [0.3, 0.4) is 0 Å². The van der Waals surface area contributed by atoms with E-state index in [1.807, 2.05) is 43.0 Å². The highest BCUT2D eigenvalue weighted by molar-refractivity contribution is 6.30. The largest absolute Gasteiger partial charge is 0.343 e. The van der Waals surface area contributed by atoms with Gasteiger partial charge in [0.2, 0.25) is 5.91 Å². The molecule has 1 saturated heterocycles. The van der Waals surface area contributed by atoms with Gasteiger partial charge in [-0.3, -0.25) is 9.59 Å². The highest BCUT2D eigenvalue weighted by Crippen LogP contribution is 2.23. The first-order valence-corrected chi connectivity index (χ1v) is 9.91. The maximum Gasteiger partial charge on any atom is 0.276 e. The molecule has 0 saturated carbocycles. The molecule has 28 heavy (non-hydrogen) atoms. The van der Waals surface area contributed by atoms with Crippen molar-refractivity contribution in [3.05, 3.63) is 62.8 Å². The van der Waals surface area contributed by atoms with Crippen molar-refractivity contribution in [2.45, 2.75) is 39.8 Å². The van der Waals surface area contributed by atoms with Gasteiger partial charge in [-0.1, -0.05) is 23.7 Å². The summed E-state index contributed by atoms with van der Waals surface area (Å²) in [5.74, 6) is -0.0404. The summed E-state index contributed by atoms with van der Waals surface area (Å²) in [7, 11) is 0. The van der Waals surface area contributed by atoms with Crippen molar-refractivity contribution >= 4 is 28.3 Å². The lowest BCUT2D eigenvalue weighted by molar-refractivity contribution is -0.131. The Morgan fingerprint density at radius 1 is 1.11 bits per heavy atom. The number of aryl methyl sites for hydroxylation is 2. The first kappa shape index (κ1) is 18.7. The maximum atomic E-state index is 13.1. The van der Waals surface area contributed by atoms with Crippen LogP contribution in [-0.2, 0) is 17.9 Å². The van der Waals surface area contributed by atoms with E-state index in [9.17, 15) is 9.59 Å². The fourth-order valence-electron chi connectivity index (χ4n) is 3.96. The van der Waals surface area contributed by atoms with Crippen molar-refractivity contribution in [1.82, 2.24) is 19.2 Å². The Balaban J connectivity index is 1.70. The molecule has 3 heterocycles. The number of hydrogen-bond acceptors (Lipinski definition) is 3. The van der Waals surface area contributed by atoms with E-state index in [2.05, 4.69) is 9.67 Å². The van der Waals surface area contributed by atoms with Crippen LogP contribution in [0.5, 0.6) is 0 Å². The molecule has 0 bridgehead atoms. The second kappa shape index (κ2) is 7.43. The average Bonchev–Trinajstić information content (AvgIpc) is 3.29. The number of rotatable bonds is 4. The van der Waals surface area contributed by atoms with Gasteiger partial charge in [0.05, 0.1) is 11.6 Å². The summed E-state index contributed by atoms with van der Waals surface area (Å²) < 4.78 is 3.41. The highest BCUT2D eigenvalue weighted by atomic mass is 35.5. The van der Waals surface area contributed by atoms with Gasteiger partial charge >= 0.3 is 0 Å². The standard InChI is InChI=1S/C21H23ClN4O2/c1-14-18-11-23-26(13-19(27)24-9-3-4-10-24)21(28)20(18)15(2)25(14)12-16-5-7-17(22)8-6-16/h5-8,11H,3-4,9-10,12-13H2,1-2H3. The predicted molar refractivity (Wildman–Crippen MR) is 110 cm³/mol. The molecule has 0 radical (unpaired) electrons. The molecule has 1 aliphatic heterocycles. The minimum Gasteiger partial charge on any atom is -0.343 e. The lowest BCUT2D eigenvalue weighted by atomic mass is 10.2. The molecule has 146 valence electrons. The number of carbonyl (C=O) groups is 1. The number of aromatic nitrogens is 3. The fourth-order valence-corrected chi connectivity index (χ4v) is 4.09. The minimum absolute atomic E-state index is 0.00434. The van der Waals surface area contributed by atoms with Crippen molar-refractivity contribution in [1.29, 1.82) is 0 Å².